The van der Waals surface area contributed by atoms with Gasteiger partial charge in [-0.05, 0) is 31.0 Å². The summed E-state index contributed by atoms with van der Waals surface area (Å²) in [5.41, 5.74) is 5.37. The lowest BCUT2D eigenvalue weighted by molar-refractivity contribution is -0.182. The lowest BCUT2D eigenvalue weighted by Gasteiger charge is -2.32. The number of hydrogen-bond donors (Lipinski definition) is 1. The smallest absolute Gasteiger partial charge is 0.393 e. The summed E-state index contributed by atoms with van der Waals surface area (Å²) in [5, 5.41) is 0. The van der Waals surface area contributed by atoms with Gasteiger partial charge in [-0.25, -0.2) is 12.8 Å². The molecule has 0 bridgehead atoms. The Bertz CT molecular complexity index is 631. The van der Waals surface area contributed by atoms with Gasteiger partial charge in [0.25, 0.3) is 0 Å². The summed E-state index contributed by atoms with van der Waals surface area (Å²) in [6.07, 6.45) is -4.51. The second-order valence-corrected chi connectivity index (χ2v) is 6.84. The van der Waals surface area contributed by atoms with E-state index in [-0.39, 0.29) is 25.1 Å². The highest BCUT2D eigenvalue weighted by Gasteiger charge is 2.44. The number of benzene rings is 1. The van der Waals surface area contributed by atoms with Gasteiger partial charge in [0.05, 0.1) is 5.92 Å². The molecule has 0 spiro atoms. The molecule has 9 heteroatoms. The molecule has 2 N–H and O–H groups in total. The molecule has 1 fully saturated rings. The van der Waals surface area contributed by atoms with Crippen LogP contribution in [-0.2, 0) is 10.0 Å². The van der Waals surface area contributed by atoms with E-state index >= 15 is 0 Å². The summed E-state index contributed by atoms with van der Waals surface area (Å²) in [7, 11) is -4.30. The first-order chi connectivity index (χ1) is 9.62. The quantitative estimate of drug-likeness (QED) is 0.670. The maximum absolute atomic E-state index is 13.7. The zero-order valence-corrected chi connectivity index (χ0v) is 11.7. The van der Waals surface area contributed by atoms with Crippen molar-refractivity contribution in [3.63, 3.8) is 0 Å². The molecule has 1 aromatic carbocycles. The molecule has 0 amide bonds. The second-order valence-electron chi connectivity index (χ2n) is 4.93. The molecule has 1 heterocycles. The molecule has 0 radical (unpaired) electrons. The van der Waals surface area contributed by atoms with Crippen molar-refractivity contribution in [3.05, 3.63) is 24.0 Å². The third-order valence-electron chi connectivity index (χ3n) is 3.42. The first-order valence-electron chi connectivity index (χ1n) is 6.24. The maximum Gasteiger partial charge on any atom is 0.393 e. The zero-order chi connectivity index (χ0) is 15.8. The molecule has 0 aliphatic carbocycles. The van der Waals surface area contributed by atoms with Crippen molar-refractivity contribution >= 4 is 15.7 Å². The highest BCUT2D eigenvalue weighted by Crippen LogP contribution is 2.35. The summed E-state index contributed by atoms with van der Waals surface area (Å²) >= 11 is 0. The van der Waals surface area contributed by atoms with Gasteiger partial charge in [0.2, 0.25) is 10.0 Å². The number of anilines is 1. The molecule has 1 saturated heterocycles. The first kappa shape index (κ1) is 16.0. The molecular weight excluding hydrogens is 312 g/mol. The van der Waals surface area contributed by atoms with Gasteiger partial charge < -0.3 is 5.73 Å². The van der Waals surface area contributed by atoms with Crippen molar-refractivity contribution < 1.29 is 26.0 Å². The number of alkyl halides is 3. The van der Waals surface area contributed by atoms with E-state index in [4.69, 9.17) is 5.73 Å². The largest absolute Gasteiger partial charge is 0.399 e. The number of nitrogens with two attached hydrogens (primary N) is 1. The summed E-state index contributed by atoms with van der Waals surface area (Å²) in [4.78, 5) is -0.653. The lowest BCUT2D eigenvalue weighted by atomic mass is 9.99. The molecule has 1 atom stereocenters. The summed E-state index contributed by atoms with van der Waals surface area (Å²) < 4.78 is 77.1. The number of hydrogen-bond acceptors (Lipinski definition) is 3. The van der Waals surface area contributed by atoms with Crippen LogP contribution in [0.3, 0.4) is 0 Å². The fraction of sp³-hybridized carbons (Fsp3) is 0.500. The Morgan fingerprint density at radius 2 is 1.95 bits per heavy atom. The number of nitrogen functional groups attached to an aromatic ring is 1. The zero-order valence-electron chi connectivity index (χ0n) is 10.9. The van der Waals surface area contributed by atoms with Crippen LogP contribution in [0.4, 0.5) is 23.2 Å². The van der Waals surface area contributed by atoms with E-state index in [1.54, 1.807) is 0 Å². The van der Waals surface area contributed by atoms with E-state index in [9.17, 15) is 26.0 Å². The molecule has 4 nitrogen and oxygen atoms in total. The minimum absolute atomic E-state index is 0.0401. The van der Waals surface area contributed by atoms with Gasteiger partial charge in [0.1, 0.15) is 10.7 Å². The Morgan fingerprint density at radius 3 is 2.52 bits per heavy atom. The Labute approximate surface area is 119 Å². The van der Waals surface area contributed by atoms with Crippen molar-refractivity contribution in [2.75, 3.05) is 18.8 Å². The van der Waals surface area contributed by atoms with Gasteiger partial charge in [0.15, 0.2) is 0 Å². The molecule has 1 unspecified atom stereocenters. The number of piperidine rings is 1. The predicted molar refractivity (Wildman–Crippen MR) is 68.4 cm³/mol. The van der Waals surface area contributed by atoms with Gasteiger partial charge in [0, 0.05) is 18.8 Å². The van der Waals surface area contributed by atoms with E-state index < -0.39 is 39.4 Å². The van der Waals surface area contributed by atoms with Crippen LogP contribution < -0.4 is 5.73 Å². The van der Waals surface area contributed by atoms with E-state index in [1.165, 1.54) is 6.07 Å². The van der Waals surface area contributed by atoms with E-state index in [0.717, 1.165) is 12.1 Å². The Hall–Kier alpha value is -1.35. The number of nitrogens with zero attached hydrogens (tertiary/aromatic N) is 1. The van der Waals surface area contributed by atoms with Gasteiger partial charge in [-0.2, -0.15) is 17.5 Å². The molecular formula is C12H14F4N2O2S. The van der Waals surface area contributed by atoms with E-state index in [2.05, 4.69) is 0 Å². The lowest BCUT2D eigenvalue weighted by Crippen LogP contribution is -2.44. The Morgan fingerprint density at radius 1 is 1.29 bits per heavy atom. The highest BCUT2D eigenvalue weighted by atomic mass is 32.2. The molecule has 118 valence electrons. The van der Waals surface area contributed by atoms with Crippen LogP contribution in [0, 0.1) is 11.7 Å². The monoisotopic (exact) mass is 326 g/mol. The summed E-state index contributed by atoms with van der Waals surface area (Å²) in [6.45, 7) is -0.742. The van der Waals surface area contributed by atoms with Crippen LogP contribution in [0.15, 0.2) is 23.1 Å². The number of halogens is 4. The topological polar surface area (TPSA) is 63.4 Å². The summed E-state index contributed by atoms with van der Waals surface area (Å²) in [6, 6.07) is 3.00. The van der Waals surface area contributed by atoms with Crippen molar-refractivity contribution in [1.29, 1.82) is 0 Å². The molecule has 21 heavy (non-hydrogen) atoms. The van der Waals surface area contributed by atoms with Crippen LogP contribution in [0.2, 0.25) is 0 Å². The maximum atomic E-state index is 13.7. The second kappa shape index (κ2) is 5.45. The molecule has 0 saturated carbocycles. The van der Waals surface area contributed by atoms with Crippen molar-refractivity contribution in [1.82, 2.24) is 4.31 Å². The summed E-state index contributed by atoms with van der Waals surface area (Å²) in [5.74, 6) is -2.79. The SMILES string of the molecule is Nc1ccc(S(=O)(=O)N2CCCC(C(F)(F)F)C2)c(F)c1. The van der Waals surface area contributed by atoms with E-state index in [0.29, 0.717) is 4.31 Å². The van der Waals surface area contributed by atoms with Crippen molar-refractivity contribution in [2.24, 2.45) is 5.92 Å². The molecule has 1 aromatic rings. The van der Waals surface area contributed by atoms with Gasteiger partial charge in [-0.3, -0.25) is 0 Å². The number of sulfonamides is 1. The fourth-order valence-corrected chi connectivity index (χ4v) is 3.86. The molecule has 1 aliphatic heterocycles. The van der Waals surface area contributed by atoms with Crippen LogP contribution in [-0.4, -0.2) is 32.0 Å². The van der Waals surface area contributed by atoms with Crippen LogP contribution in [0.25, 0.3) is 0 Å². The minimum Gasteiger partial charge on any atom is -0.399 e. The van der Waals surface area contributed by atoms with Gasteiger partial charge in [-0.15, -0.1) is 0 Å². The normalized spacial score (nSPS) is 21.4. The first-order valence-corrected chi connectivity index (χ1v) is 7.68. The Kier molecular flexibility index (Phi) is 4.16. The minimum atomic E-state index is -4.46. The standard InChI is InChI=1S/C12H14F4N2O2S/c13-10-6-9(17)3-4-11(10)21(19,20)18-5-1-2-8(7-18)12(14,15)16/h3-4,6,8H,1-2,5,7,17H2. The fourth-order valence-electron chi connectivity index (χ4n) is 2.29. The van der Waals surface area contributed by atoms with Crippen molar-refractivity contribution in [2.45, 2.75) is 23.9 Å². The third-order valence-corrected chi connectivity index (χ3v) is 5.32. The average Bonchev–Trinajstić information content (AvgIpc) is 2.37. The van der Waals surface area contributed by atoms with Gasteiger partial charge >= 0.3 is 6.18 Å². The van der Waals surface area contributed by atoms with Crippen LogP contribution >= 0.6 is 0 Å². The van der Waals surface area contributed by atoms with Gasteiger partial charge in [-0.1, -0.05) is 0 Å². The third kappa shape index (κ3) is 3.29. The average molecular weight is 326 g/mol. The Balaban J connectivity index is 2.31. The molecule has 2 rings (SSSR count). The predicted octanol–water partition coefficient (Wildman–Crippen LogP) is 2.37. The number of rotatable bonds is 2. The molecule has 0 aromatic heterocycles. The van der Waals surface area contributed by atoms with E-state index in [1.807, 2.05) is 0 Å². The highest BCUT2D eigenvalue weighted by molar-refractivity contribution is 7.89. The van der Waals surface area contributed by atoms with Crippen LogP contribution in [0.1, 0.15) is 12.8 Å². The molecule has 1 aliphatic rings. The van der Waals surface area contributed by atoms with Crippen LogP contribution in [0.5, 0.6) is 0 Å². The van der Waals surface area contributed by atoms with Crippen molar-refractivity contribution in [3.8, 4) is 0 Å².